The number of aliphatic hydroxyl groups is 1. The van der Waals surface area contributed by atoms with E-state index in [9.17, 15) is 33.9 Å². The van der Waals surface area contributed by atoms with Gasteiger partial charge in [0.05, 0.1) is 31.5 Å². The Balaban J connectivity index is 0.000000202. The van der Waals surface area contributed by atoms with Crippen LogP contribution in [-0.2, 0) is 49.8 Å². The topological polar surface area (TPSA) is 138 Å². The zero-order chi connectivity index (χ0) is 39.7. The summed E-state index contributed by atoms with van der Waals surface area (Å²) in [6.45, 7) is 4.73. The van der Waals surface area contributed by atoms with Gasteiger partial charge in [0.25, 0.3) is 17.1 Å². The summed E-state index contributed by atoms with van der Waals surface area (Å²) in [4.78, 5) is 72.7. The fraction of sp³-hybridized carbons (Fsp3) is 0.318. The van der Waals surface area contributed by atoms with Gasteiger partial charge in [-0.3, -0.25) is 33.8 Å². The maximum Gasteiger partial charge on any atom is 0.338 e. The summed E-state index contributed by atoms with van der Waals surface area (Å²) >= 11 is 5.32. The molecular formula is C44H47ClN2O8. The highest BCUT2D eigenvalue weighted by Gasteiger charge is 2.41. The number of benzene rings is 4. The summed E-state index contributed by atoms with van der Waals surface area (Å²) in [5, 5.41) is 8.82. The number of hydrogen-bond acceptors (Lipinski definition) is 8. The Morgan fingerprint density at radius 1 is 0.618 bits per heavy atom. The highest BCUT2D eigenvalue weighted by molar-refractivity contribution is 6.67. The summed E-state index contributed by atoms with van der Waals surface area (Å²) in [7, 11) is 0. The van der Waals surface area contributed by atoms with Crippen LogP contribution in [0.25, 0.3) is 0 Å². The van der Waals surface area contributed by atoms with E-state index in [0.29, 0.717) is 11.1 Å². The molecule has 2 aliphatic rings. The number of aliphatic hydroxyl groups excluding tert-OH is 1. The number of esters is 1. The van der Waals surface area contributed by atoms with Crippen molar-refractivity contribution in [1.29, 1.82) is 0 Å². The first-order valence-electron chi connectivity index (χ1n) is 18.5. The quantitative estimate of drug-likeness (QED) is 0.0855. The molecule has 55 heavy (non-hydrogen) atoms. The van der Waals surface area contributed by atoms with Crippen molar-refractivity contribution in [2.75, 3.05) is 0 Å². The SMILES string of the molecule is CCCCc1ccc(C(=O)Cl)cc1.CCCCc1ccc(C(=O)O[C@@H]2CC(=O)N(Cc3ccccc3)C2=O)cc1.O=C1C[C@@H](O)C(=O)N1Cc1ccccc1. The fourth-order valence-electron chi connectivity index (χ4n) is 5.84. The number of amides is 4. The van der Waals surface area contributed by atoms with Gasteiger partial charge >= 0.3 is 5.97 Å². The van der Waals surface area contributed by atoms with Crippen molar-refractivity contribution in [3.63, 3.8) is 0 Å². The molecule has 2 heterocycles. The minimum Gasteiger partial charge on any atom is -0.448 e. The minimum absolute atomic E-state index is 0.0916. The summed E-state index contributed by atoms with van der Waals surface area (Å²) < 4.78 is 5.32. The smallest absolute Gasteiger partial charge is 0.338 e. The van der Waals surface area contributed by atoms with Gasteiger partial charge in [0.1, 0.15) is 6.10 Å². The first-order valence-corrected chi connectivity index (χ1v) is 18.9. The van der Waals surface area contributed by atoms with E-state index < -0.39 is 30.0 Å². The number of ether oxygens (including phenoxy) is 1. The van der Waals surface area contributed by atoms with Crippen LogP contribution in [0.3, 0.4) is 0 Å². The Hall–Kier alpha value is -5.45. The van der Waals surface area contributed by atoms with Gasteiger partial charge in [0, 0.05) is 5.56 Å². The van der Waals surface area contributed by atoms with E-state index in [2.05, 4.69) is 13.8 Å². The fourth-order valence-corrected chi connectivity index (χ4v) is 5.97. The third kappa shape index (κ3) is 12.8. The van der Waals surface area contributed by atoms with Crippen molar-refractivity contribution >= 4 is 46.4 Å². The molecule has 10 nitrogen and oxygen atoms in total. The van der Waals surface area contributed by atoms with Gasteiger partial charge in [0.2, 0.25) is 11.8 Å². The summed E-state index contributed by atoms with van der Waals surface area (Å²) in [6.07, 6.45) is 4.24. The Bertz CT molecular complexity index is 1900. The summed E-state index contributed by atoms with van der Waals surface area (Å²) in [5.41, 5.74) is 5.12. The molecule has 4 aromatic rings. The number of aryl methyl sites for hydroxylation is 2. The lowest BCUT2D eigenvalue weighted by atomic mass is 10.1. The second-order valence-electron chi connectivity index (χ2n) is 13.3. The standard InChI is InChI=1S/C22H23NO4.C11H13ClO.C11H11NO3/c1-2-3-7-16-10-12-18(13-11-16)22(26)27-19-14-20(24)23(21(19)25)15-17-8-5-4-6-9-17;1-2-3-4-9-5-7-10(8-6-9)11(12)13;13-9-6-10(14)12(11(9)15)7-8-4-2-1-3-5-8/h4-6,8-13,19H,2-3,7,14-15H2,1H3;5-8H,2-4H2,1H3;1-5,9,13H,6-7H2/t19-;;9-/m1.1/s1. The van der Waals surface area contributed by atoms with Gasteiger partial charge in [-0.05, 0) is 83.8 Å². The maximum atomic E-state index is 12.5. The molecule has 4 amide bonds. The number of unbranched alkanes of at least 4 members (excludes halogenated alkanes) is 2. The largest absolute Gasteiger partial charge is 0.448 e. The Morgan fingerprint density at radius 3 is 1.47 bits per heavy atom. The first-order chi connectivity index (χ1) is 26.5. The molecule has 2 fully saturated rings. The molecule has 6 rings (SSSR count). The Labute approximate surface area is 327 Å². The van der Waals surface area contributed by atoms with Gasteiger partial charge in [-0.15, -0.1) is 0 Å². The molecule has 1 N–H and O–H groups in total. The van der Waals surface area contributed by atoms with Gasteiger partial charge in [0.15, 0.2) is 6.10 Å². The highest BCUT2D eigenvalue weighted by atomic mass is 35.5. The van der Waals surface area contributed by atoms with Crippen molar-refractivity contribution in [1.82, 2.24) is 9.80 Å². The predicted octanol–water partition coefficient (Wildman–Crippen LogP) is 7.23. The lowest BCUT2D eigenvalue weighted by Crippen LogP contribution is -2.33. The van der Waals surface area contributed by atoms with E-state index >= 15 is 0 Å². The zero-order valence-electron chi connectivity index (χ0n) is 31.2. The van der Waals surface area contributed by atoms with Crippen LogP contribution in [-0.4, -0.2) is 62.0 Å². The third-order valence-electron chi connectivity index (χ3n) is 9.05. The molecule has 2 atom stereocenters. The van der Waals surface area contributed by atoms with Crippen LogP contribution in [0.1, 0.15) is 95.3 Å². The molecule has 2 aliphatic heterocycles. The van der Waals surface area contributed by atoms with E-state index in [1.165, 1.54) is 18.4 Å². The average Bonchev–Trinajstić information content (AvgIpc) is 3.60. The number of nitrogens with zero attached hydrogens (tertiary/aromatic N) is 2. The number of halogens is 1. The molecule has 288 valence electrons. The molecule has 2 saturated heterocycles. The molecule has 11 heteroatoms. The first kappa shape index (κ1) is 42.3. The van der Waals surface area contributed by atoms with E-state index in [1.807, 2.05) is 84.9 Å². The van der Waals surface area contributed by atoms with E-state index in [0.717, 1.165) is 52.2 Å². The number of carbonyl (C=O) groups is 6. The van der Waals surface area contributed by atoms with Gasteiger partial charge in [-0.25, -0.2) is 4.79 Å². The lowest BCUT2D eigenvalue weighted by Gasteiger charge is -2.15. The normalized spacial score (nSPS) is 16.3. The molecular weight excluding hydrogens is 720 g/mol. The van der Waals surface area contributed by atoms with Crippen LogP contribution < -0.4 is 0 Å². The van der Waals surface area contributed by atoms with Crippen LogP contribution in [0.15, 0.2) is 109 Å². The van der Waals surface area contributed by atoms with Crippen LogP contribution >= 0.6 is 11.6 Å². The van der Waals surface area contributed by atoms with E-state index in [4.69, 9.17) is 16.3 Å². The molecule has 0 radical (unpaired) electrons. The maximum absolute atomic E-state index is 12.5. The van der Waals surface area contributed by atoms with Crippen molar-refractivity contribution in [2.24, 2.45) is 0 Å². The molecule has 0 bridgehead atoms. The highest BCUT2D eigenvalue weighted by Crippen LogP contribution is 2.21. The van der Waals surface area contributed by atoms with Gasteiger partial charge in [-0.1, -0.05) is 112 Å². The lowest BCUT2D eigenvalue weighted by molar-refractivity contribution is -0.142. The number of rotatable bonds is 13. The number of likely N-dealkylation sites (tertiary alicyclic amines) is 2. The van der Waals surface area contributed by atoms with Crippen LogP contribution in [0, 0.1) is 0 Å². The predicted molar refractivity (Wildman–Crippen MR) is 209 cm³/mol. The molecule has 0 unspecified atom stereocenters. The molecule has 0 spiro atoms. The van der Waals surface area contributed by atoms with Crippen LogP contribution in [0.5, 0.6) is 0 Å². The van der Waals surface area contributed by atoms with E-state index in [-0.39, 0.29) is 43.0 Å². The van der Waals surface area contributed by atoms with Crippen LogP contribution in [0.4, 0.5) is 0 Å². The van der Waals surface area contributed by atoms with Crippen molar-refractivity contribution < 1.29 is 38.6 Å². The minimum atomic E-state index is -1.15. The van der Waals surface area contributed by atoms with Crippen molar-refractivity contribution in [3.05, 3.63) is 143 Å². The third-order valence-corrected chi connectivity index (χ3v) is 9.27. The Morgan fingerprint density at radius 2 is 1.05 bits per heavy atom. The number of carbonyl (C=O) groups excluding carboxylic acids is 6. The summed E-state index contributed by atoms with van der Waals surface area (Å²) in [5.74, 6) is -2.17. The average molecular weight is 767 g/mol. The molecule has 0 saturated carbocycles. The zero-order valence-corrected chi connectivity index (χ0v) is 32.0. The Kier molecular flexibility index (Phi) is 16.5. The number of hydrogen-bond donors (Lipinski definition) is 1. The van der Waals surface area contributed by atoms with Crippen LogP contribution in [0.2, 0.25) is 0 Å². The molecule has 0 aliphatic carbocycles. The van der Waals surface area contributed by atoms with Crippen molar-refractivity contribution in [2.45, 2.75) is 90.5 Å². The molecule has 4 aromatic carbocycles. The van der Waals surface area contributed by atoms with Crippen molar-refractivity contribution in [3.8, 4) is 0 Å². The van der Waals surface area contributed by atoms with E-state index in [1.54, 1.807) is 24.3 Å². The summed E-state index contributed by atoms with van der Waals surface area (Å²) in [6, 6.07) is 33.2. The second-order valence-corrected chi connectivity index (χ2v) is 13.6. The second kappa shape index (κ2) is 21.4. The number of imide groups is 2. The van der Waals surface area contributed by atoms with Gasteiger partial charge in [-0.2, -0.15) is 0 Å². The van der Waals surface area contributed by atoms with Gasteiger partial charge < -0.3 is 9.84 Å². The molecule has 0 aromatic heterocycles. The monoisotopic (exact) mass is 766 g/mol.